The Bertz CT molecular complexity index is 745. The number of nitrogen functional groups attached to an aromatic ring is 1. The molecule has 2 rings (SSSR count). The highest BCUT2D eigenvalue weighted by Gasteiger charge is 2.07. The van der Waals surface area contributed by atoms with E-state index in [-0.39, 0.29) is 11.9 Å². The van der Waals surface area contributed by atoms with Gasteiger partial charge in [0.2, 0.25) is 0 Å². The van der Waals surface area contributed by atoms with Gasteiger partial charge in [-0.2, -0.15) is 0 Å². The van der Waals surface area contributed by atoms with Gasteiger partial charge in [0.05, 0.1) is 26.4 Å². The number of hydrogen-bond donors (Lipinski definition) is 2. The van der Waals surface area contributed by atoms with Crippen molar-refractivity contribution in [3.8, 4) is 23.0 Å². The molecule has 0 aromatic heterocycles. The third-order valence-electron chi connectivity index (χ3n) is 3.99. The van der Waals surface area contributed by atoms with Crippen LogP contribution in [0.25, 0.3) is 0 Å². The second-order valence-electron chi connectivity index (χ2n) is 6.67. The Balaban J connectivity index is 1.65. The molecule has 0 fully saturated rings. The molecule has 0 atom stereocenters. The number of nitrogens with two attached hydrogens (primary N) is 1. The average Bonchev–Trinajstić information content (AvgIpc) is 2.67. The summed E-state index contributed by atoms with van der Waals surface area (Å²) in [7, 11) is 1.63. The molecule has 6 heteroatoms. The van der Waals surface area contributed by atoms with Gasteiger partial charge in [0.15, 0.2) is 11.5 Å². The molecule has 0 aliphatic rings. The van der Waals surface area contributed by atoms with Crippen LogP contribution in [0.2, 0.25) is 0 Å². The molecule has 0 spiro atoms. The molecule has 0 unspecified atom stereocenters. The summed E-state index contributed by atoms with van der Waals surface area (Å²) in [5, 5.41) is 7.37. The normalized spacial score (nSPS) is 10.6. The third kappa shape index (κ3) is 7.02. The first-order valence-electron chi connectivity index (χ1n) is 9.54. The van der Waals surface area contributed by atoms with Crippen LogP contribution in [-0.4, -0.2) is 32.3 Å². The van der Waals surface area contributed by atoms with Gasteiger partial charge in [-0.05, 0) is 69.5 Å². The van der Waals surface area contributed by atoms with Crippen molar-refractivity contribution in [1.82, 2.24) is 0 Å². The first-order chi connectivity index (χ1) is 13.5. The molecule has 28 heavy (non-hydrogen) atoms. The predicted octanol–water partition coefficient (Wildman–Crippen LogP) is 4.39. The van der Waals surface area contributed by atoms with Crippen molar-refractivity contribution in [3.05, 3.63) is 48.0 Å². The van der Waals surface area contributed by atoms with Crippen molar-refractivity contribution in [1.29, 1.82) is 5.41 Å². The minimum atomic E-state index is 0.0604. The van der Waals surface area contributed by atoms with E-state index in [0.717, 1.165) is 36.5 Å². The molecule has 0 aliphatic carbocycles. The van der Waals surface area contributed by atoms with E-state index in [1.807, 2.05) is 44.2 Å². The Morgan fingerprint density at radius 3 is 2.14 bits per heavy atom. The number of benzene rings is 2. The summed E-state index contributed by atoms with van der Waals surface area (Å²) in [6.45, 7) is 5.24. The van der Waals surface area contributed by atoms with E-state index in [1.54, 1.807) is 19.2 Å². The summed E-state index contributed by atoms with van der Waals surface area (Å²) in [6.07, 6.45) is 2.99. The number of ether oxygens (including phenoxy) is 4. The first kappa shape index (κ1) is 21.4. The van der Waals surface area contributed by atoms with E-state index in [4.69, 9.17) is 30.1 Å². The van der Waals surface area contributed by atoms with Gasteiger partial charge in [-0.1, -0.05) is 0 Å². The molecule has 2 aromatic carbocycles. The van der Waals surface area contributed by atoms with Crippen molar-refractivity contribution < 1.29 is 18.9 Å². The van der Waals surface area contributed by atoms with E-state index in [1.165, 1.54) is 0 Å². The Kier molecular flexibility index (Phi) is 8.46. The van der Waals surface area contributed by atoms with Gasteiger partial charge in [0.25, 0.3) is 0 Å². The lowest BCUT2D eigenvalue weighted by atomic mass is 10.2. The second-order valence-corrected chi connectivity index (χ2v) is 6.67. The third-order valence-corrected chi connectivity index (χ3v) is 3.99. The molecule has 2 aromatic rings. The number of rotatable bonds is 12. The monoisotopic (exact) mass is 386 g/mol. The lowest BCUT2D eigenvalue weighted by molar-refractivity contribution is 0.238. The summed E-state index contributed by atoms with van der Waals surface area (Å²) < 4.78 is 22.6. The van der Waals surface area contributed by atoms with E-state index >= 15 is 0 Å². The molecule has 0 saturated carbocycles. The van der Waals surface area contributed by atoms with Crippen LogP contribution in [-0.2, 0) is 0 Å². The lowest BCUT2D eigenvalue weighted by Crippen LogP contribution is -2.10. The minimum Gasteiger partial charge on any atom is -0.494 e. The fourth-order valence-corrected chi connectivity index (χ4v) is 2.60. The van der Waals surface area contributed by atoms with Gasteiger partial charge in [-0.15, -0.1) is 0 Å². The zero-order valence-corrected chi connectivity index (χ0v) is 16.9. The quantitative estimate of drug-likeness (QED) is 0.321. The minimum absolute atomic E-state index is 0.0604. The Labute approximate surface area is 167 Å². The SMILES string of the molecule is COc1cc(OC(C)C)ccc1OCCCCCOc1ccc(C(=N)N)cc1. The van der Waals surface area contributed by atoms with Gasteiger partial charge < -0.3 is 24.7 Å². The molecule has 3 N–H and O–H groups in total. The topological polar surface area (TPSA) is 86.8 Å². The van der Waals surface area contributed by atoms with Gasteiger partial charge in [-0.25, -0.2) is 0 Å². The van der Waals surface area contributed by atoms with Crippen molar-refractivity contribution >= 4 is 5.84 Å². The summed E-state index contributed by atoms with van der Waals surface area (Å²) in [5.41, 5.74) is 6.13. The summed E-state index contributed by atoms with van der Waals surface area (Å²) >= 11 is 0. The number of amidine groups is 1. The van der Waals surface area contributed by atoms with Crippen LogP contribution in [0.15, 0.2) is 42.5 Å². The van der Waals surface area contributed by atoms with Crippen LogP contribution in [0, 0.1) is 5.41 Å². The van der Waals surface area contributed by atoms with Crippen LogP contribution in [0.1, 0.15) is 38.7 Å². The maximum Gasteiger partial charge on any atom is 0.164 e. The number of methoxy groups -OCH3 is 1. The number of unbranched alkanes of at least 4 members (excludes halogenated alkanes) is 2. The highest BCUT2D eigenvalue weighted by molar-refractivity contribution is 5.94. The molecule has 0 aliphatic heterocycles. The largest absolute Gasteiger partial charge is 0.494 e. The molecule has 0 heterocycles. The standard InChI is InChI=1S/C22H30N2O4/c1-16(2)28-19-11-12-20(21(15-19)25-3)27-14-6-4-5-13-26-18-9-7-17(8-10-18)22(23)24/h7-12,15-16H,4-6,13-14H2,1-3H3,(H3,23,24). The maximum atomic E-state index is 7.37. The Hall–Kier alpha value is -2.89. The molecule has 0 saturated heterocycles. The first-order valence-corrected chi connectivity index (χ1v) is 9.54. The maximum absolute atomic E-state index is 7.37. The summed E-state index contributed by atoms with van der Waals surface area (Å²) in [6, 6.07) is 12.9. The van der Waals surface area contributed by atoms with E-state index in [0.29, 0.717) is 24.5 Å². The fourth-order valence-electron chi connectivity index (χ4n) is 2.60. The van der Waals surface area contributed by atoms with E-state index in [9.17, 15) is 0 Å². The summed E-state index contributed by atoms with van der Waals surface area (Å²) in [5.74, 6) is 3.02. The zero-order valence-electron chi connectivity index (χ0n) is 16.9. The van der Waals surface area contributed by atoms with E-state index < -0.39 is 0 Å². The molecule has 6 nitrogen and oxygen atoms in total. The smallest absolute Gasteiger partial charge is 0.164 e. The van der Waals surface area contributed by atoms with Gasteiger partial charge in [0, 0.05) is 11.6 Å². The van der Waals surface area contributed by atoms with Gasteiger partial charge in [0.1, 0.15) is 17.3 Å². The van der Waals surface area contributed by atoms with Crippen LogP contribution in [0.3, 0.4) is 0 Å². The molecular weight excluding hydrogens is 356 g/mol. The average molecular weight is 386 g/mol. The molecule has 0 amide bonds. The predicted molar refractivity (Wildman–Crippen MR) is 111 cm³/mol. The zero-order chi connectivity index (χ0) is 20.4. The highest BCUT2D eigenvalue weighted by atomic mass is 16.5. The van der Waals surface area contributed by atoms with Crippen molar-refractivity contribution in [2.24, 2.45) is 5.73 Å². The van der Waals surface area contributed by atoms with Crippen LogP contribution >= 0.6 is 0 Å². The molecular formula is C22H30N2O4. The van der Waals surface area contributed by atoms with Gasteiger partial charge in [-0.3, -0.25) is 5.41 Å². The van der Waals surface area contributed by atoms with Crippen molar-refractivity contribution in [2.45, 2.75) is 39.2 Å². The van der Waals surface area contributed by atoms with Crippen LogP contribution in [0.5, 0.6) is 23.0 Å². The Morgan fingerprint density at radius 1 is 0.893 bits per heavy atom. The fraction of sp³-hybridized carbons (Fsp3) is 0.409. The van der Waals surface area contributed by atoms with Crippen molar-refractivity contribution in [3.63, 3.8) is 0 Å². The van der Waals surface area contributed by atoms with Crippen LogP contribution < -0.4 is 24.7 Å². The molecule has 0 bridgehead atoms. The summed E-state index contributed by atoms with van der Waals surface area (Å²) in [4.78, 5) is 0. The lowest BCUT2D eigenvalue weighted by Gasteiger charge is -2.14. The van der Waals surface area contributed by atoms with Crippen molar-refractivity contribution in [2.75, 3.05) is 20.3 Å². The Morgan fingerprint density at radius 2 is 1.54 bits per heavy atom. The highest BCUT2D eigenvalue weighted by Crippen LogP contribution is 2.31. The number of nitrogens with one attached hydrogen (secondary N) is 1. The van der Waals surface area contributed by atoms with Crippen LogP contribution in [0.4, 0.5) is 0 Å². The number of hydrogen-bond acceptors (Lipinski definition) is 5. The second kappa shape index (κ2) is 11.1. The van der Waals surface area contributed by atoms with Gasteiger partial charge >= 0.3 is 0 Å². The molecule has 0 radical (unpaired) electrons. The van der Waals surface area contributed by atoms with E-state index in [2.05, 4.69) is 0 Å². The molecule has 152 valence electrons.